The van der Waals surface area contributed by atoms with Gasteiger partial charge in [-0.2, -0.15) is 13.2 Å². The number of carbonyl (C=O) groups is 13. The summed E-state index contributed by atoms with van der Waals surface area (Å²) in [7, 11) is 0. The predicted octanol–water partition coefficient (Wildman–Crippen LogP) is -6.87. The lowest BCUT2D eigenvalue weighted by Crippen LogP contribution is -2.52. The summed E-state index contributed by atoms with van der Waals surface area (Å²) < 4.78 is 31.7. The zero-order valence-corrected chi connectivity index (χ0v) is 35.8. The summed E-state index contributed by atoms with van der Waals surface area (Å²) in [5, 5.41) is 45.5. The lowest BCUT2D eigenvalue weighted by Gasteiger charge is -2.25. The van der Waals surface area contributed by atoms with E-state index in [1.807, 2.05) is 0 Å². The predicted molar refractivity (Wildman–Crippen MR) is 216 cm³/mol. The van der Waals surface area contributed by atoms with Gasteiger partial charge in [0.2, 0.25) is 65.0 Å². The molecule has 0 aliphatic carbocycles. The second-order valence-corrected chi connectivity index (χ2v) is 17.2. The summed E-state index contributed by atoms with van der Waals surface area (Å²) >= 11 is 0. The summed E-state index contributed by atoms with van der Waals surface area (Å²) in [6.07, 6.45) is -7.32. The molecule has 0 spiro atoms. The Balaban J connectivity index is 0.00000114. The molecule has 0 bridgehead atoms. The number of carboxylic acids is 2. The zero-order valence-electron chi connectivity index (χ0n) is 35.8. The highest BCUT2D eigenvalue weighted by molar-refractivity contribution is 5.90. The Morgan fingerprint density at radius 2 is 0.632 bits per heavy atom. The van der Waals surface area contributed by atoms with Crippen LogP contribution in [0.2, 0.25) is 0 Å². The van der Waals surface area contributed by atoms with Gasteiger partial charge in [0.25, 0.3) is 0 Å². The van der Waals surface area contributed by atoms with Crippen molar-refractivity contribution in [3.8, 4) is 0 Å². The maximum atomic E-state index is 13.3. The van der Waals surface area contributed by atoms with Gasteiger partial charge in [-0.25, -0.2) is 4.79 Å². The van der Waals surface area contributed by atoms with Crippen molar-refractivity contribution in [3.63, 3.8) is 0 Å². The number of hydrogen-bond donors (Lipinski definition) is 14. The fourth-order valence-electron chi connectivity index (χ4n) is 8.71. The minimum absolute atomic E-state index is 0.0838. The van der Waals surface area contributed by atoms with Crippen LogP contribution in [0.5, 0.6) is 0 Å². The molecule has 15 N–H and O–H groups in total. The van der Waals surface area contributed by atoms with Crippen molar-refractivity contribution in [3.05, 3.63) is 0 Å². The van der Waals surface area contributed by atoms with Crippen LogP contribution >= 0.6 is 0 Å². The minimum atomic E-state index is -5.08. The van der Waals surface area contributed by atoms with Gasteiger partial charge in [-0.15, -0.1) is 0 Å². The third-order valence-electron chi connectivity index (χ3n) is 11.9. The normalized spacial score (nSPS) is 30.6. The molecule has 6 saturated heterocycles. The largest absolute Gasteiger partial charge is 0.490 e. The van der Waals surface area contributed by atoms with Gasteiger partial charge in [0.05, 0.1) is 72.9 Å². The average Bonchev–Trinajstić information content (AvgIpc) is 4.04. The van der Waals surface area contributed by atoms with E-state index >= 15 is 0 Å². The van der Waals surface area contributed by atoms with E-state index in [1.165, 1.54) is 0 Å². The third-order valence-corrected chi connectivity index (χ3v) is 11.9. The summed E-state index contributed by atoms with van der Waals surface area (Å²) in [6, 6.07) is -9.24. The summed E-state index contributed by atoms with van der Waals surface area (Å²) in [5.74, 6) is -9.10. The Bertz CT molecular complexity index is 2090. The number of halogens is 3. The molecule has 6 aliphatic rings. The molecule has 0 aromatic carbocycles. The fourth-order valence-corrected chi connectivity index (χ4v) is 8.71. The molecule has 11 amide bonds. The minimum Gasteiger partial charge on any atom is -0.481 e. The highest BCUT2D eigenvalue weighted by Crippen LogP contribution is 2.20. The number of alkyl halides is 3. The van der Waals surface area contributed by atoms with E-state index < -0.39 is 150 Å². The van der Waals surface area contributed by atoms with Crippen LogP contribution in [-0.4, -0.2) is 166 Å². The second-order valence-electron chi connectivity index (χ2n) is 17.2. The molecule has 30 heteroatoms. The van der Waals surface area contributed by atoms with Crippen LogP contribution in [0, 0.1) is 0 Å². The fraction of sp³-hybridized carbons (Fsp3) is 0.658. The molecule has 0 unspecified atom stereocenters. The SMILES string of the molecule is N[C@H]1CC(=O)N[C@@H]1CC(=O)N[C@H]1CC(=O)N[C@@H]1CC(=O)N[C@H]1CC(=O)N[C@@H]1CC(=O)N[C@H]1CC(=O)N[C@@H]1CC(=O)N[C@H]1CC(=O)N[C@@H]1CC(=O)N[C@H]1CC(=O)N[C@@H]1CC(=O)O.O=C(O)C(F)(F)F. The first-order valence-electron chi connectivity index (χ1n) is 21.3. The monoisotopic (exact) mass is 972 g/mol. The van der Waals surface area contributed by atoms with Crippen LogP contribution in [0.3, 0.4) is 0 Å². The molecule has 6 heterocycles. The molecule has 0 aromatic rings. The van der Waals surface area contributed by atoms with Crippen molar-refractivity contribution in [2.45, 2.75) is 156 Å². The third kappa shape index (κ3) is 14.9. The van der Waals surface area contributed by atoms with Crippen LogP contribution in [0.1, 0.15) is 77.0 Å². The van der Waals surface area contributed by atoms with E-state index in [0.717, 1.165) is 0 Å². The molecule has 12 atom stereocenters. The van der Waals surface area contributed by atoms with Gasteiger partial charge in [0, 0.05) is 76.7 Å². The molecule has 6 fully saturated rings. The number of amides is 11. The van der Waals surface area contributed by atoms with E-state index in [-0.39, 0.29) is 82.4 Å². The number of nitrogens with two attached hydrogens (primary N) is 1. The number of carboxylic acid groups (broad SMARTS) is 2. The standard InChI is InChI=1S/C36H50N12O13.C2HF3O2/c37-13-1-25(49)38-14(13)2-26(50)39-15-3-27(51)40-16(15)4-28(52)41-17-5-29(53)42-18(17)6-30(54)43-19-7-31(55)44-20(19)8-32(56)45-21-9-33(57)46-22(21)10-34(58)47-23-11-35(59)48-24(23)12-36(60)61;3-2(4,5)1(6)7/h13-24H,1-12,37H2,(H,38,49)(H,39,50)(H,40,51)(H,41,52)(H,42,53)(H,43,54)(H,44,55)(H,45,56)(H,46,57)(H,47,58)(H,48,59)(H,60,61);(H,6,7)/t13-,14+,15-,16+,17-,18+,19-,20+,21-,22+,23-,24+;/m0./s1. The molecule has 6 rings (SSSR count). The number of carbonyl (C=O) groups excluding carboxylic acids is 11. The maximum absolute atomic E-state index is 13.3. The first-order valence-corrected chi connectivity index (χ1v) is 21.3. The summed E-state index contributed by atoms with van der Waals surface area (Å²) in [5.41, 5.74) is 5.91. The van der Waals surface area contributed by atoms with E-state index in [9.17, 15) is 70.7 Å². The lowest BCUT2D eigenvalue weighted by molar-refractivity contribution is -0.192. The summed E-state index contributed by atoms with van der Waals surface area (Å²) in [6.45, 7) is 0. The van der Waals surface area contributed by atoms with Crippen molar-refractivity contribution >= 4 is 76.9 Å². The average molecular weight is 973 g/mol. The van der Waals surface area contributed by atoms with Crippen molar-refractivity contribution in [2.75, 3.05) is 0 Å². The Kier molecular flexibility index (Phi) is 16.9. The zero-order chi connectivity index (χ0) is 50.2. The van der Waals surface area contributed by atoms with E-state index in [2.05, 4.69) is 58.5 Å². The van der Waals surface area contributed by atoms with Crippen molar-refractivity contribution in [1.82, 2.24) is 58.5 Å². The van der Waals surface area contributed by atoms with Crippen LogP contribution in [0.4, 0.5) is 13.2 Å². The molecule has 6 aliphatic heterocycles. The number of nitrogens with one attached hydrogen (secondary N) is 11. The molecule has 27 nitrogen and oxygen atoms in total. The number of hydrogen-bond acceptors (Lipinski definition) is 14. The molecule has 0 saturated carbocycles. The number of rotatable bonds is 17. The van der Waals surface area contributed by atoms with Crippen LogP contribution in [-0.2, 0) is 62.3 Å². The van der Waals surface area contributed by atoms with Gasteiger partial charge in [0.1, 0.15) is 0 Å². The van der Waals surface area contributed by atoms with Crippen LogP contribution < -0.4 is 64.2 Å². The van der Waals surface area contributed by atoms with Gasteiger partial charge < -0.3 is 74.4 Å². The number of aliphatic carboxylic acids is 2. The van der Waals surface area contributed by atoms with Gasteiger partial charge in [-0.3, -0.25) is 57.5 Å². The molecule has 0 radical (unpaired) electrons. The molecular formula is C38H51F3N12O15. The van der Waals surface area contributed by atoms with Gasteiger partial charge in [-0.05, 0) is 0 Å². The Morgan fingerprint density at radius 3 is 0.838 bits per heavy atom. The second kappa shape index (κ2) is 22.1. The van der Waals surface area contributed by atoms with Gasteiger partial charge in [-0.1, -0.05) is 0 Å². The van der Waals surface area contributed by atoms with Gasteiger partial charge in [0.15, 0.2) is 0 Å². The van der Waals surface area contributed by atoms with E-state index in [1.54, 1.807) is 0 Å². The Hall–Kier alpha value is -7.14. The topological polar surface area (TPSA) is 421 Å². The van der Waals surface area contributed by atoms with E-state index in [4.69, 9.17) is 20.7 Å². The molecule has 374 valence electrons. The van der Waals surface area contributed by atoms with Crippen molar-refractivity contribution in [2.24, 2.45) is 5.73 Å². The molecule has 0 aromatic heterocycles. The Morgan fingerprint density at radius 1 is 0.426 bits per heavy atom. The van der Waals surface area contributed by atoms with Crippen molar-refractivity contribution in [1.29, 1.82) is 0 Å². The van der Waals surface area contributed by atoms with Crippen LogP contribution in [0.15, 0.2) is 0 Å². The smallest absolute Gasteiger partial charge is 0.481 e. The lowest BCUT2D eigenvalue weighted by atomic mass is 10.0. The Labute approximate surface area is 382 Å². The van der Waals surface area contributed by atoms with E-state index in [0.29, 0.717) is 0 Å². The van der Waals surface area contributed by atoms with Gasteiger partial charge >= 0.3 is 18.1 Å². The highest BCUT2D eigenvalue weighted by Gasteiger charge is 2.43. The summed E-state index contributed by atoms with van der Waals surface area (Å²) in [4.78, 5) is 158. The highest BCUT2D eigenvalue weighted by atomic mass is 19.4. The quantitative estimate of drug-likeness (QED) is 0.0644. The maximum Gasteiger partial charge on any atom is 0.490 e. The van der Waals surface area contributed by atoms with Crippen LogP contribution in [0.25, 0.3) is 0 Å². The van der Waals surface area contributed by atoms with Crippen molar-refractivity contribution < 1.29 is 85.7 Å². The molecular weight excluding hydrogens is 921 g/mol. The first kappa shape index (κ1) is 51.8. The first-order chi connectivity index (χ1) is 31.8. The molecule has 68 heavy (non-hydrogen) atoms.